The lowest BCUT2D eigenvalue weighted by atomic mass is 9.87. The van der Waals surface area contributed by atoms with Crippen molar-refractivity contribution in [3.8, 4) is 34.2 Å². The van der Waals surface area contributed by atoms with Crippen molar-refractivity contribution in [1.82, 2.24) is 15.0 Å². The number of hydrogen-bond acceptors (Lipinski definition) is 5. The highest BCUT2D eigenvalue weighted by Crippen LogP contribution is 2.40. The maximum absolute atomic E-state index is 5.48. The van der Waals surface area contributed by atoms with Crippen molar-refractivity contribution >= 4 is 38.8 Å². The van der Waals surface area contributed by atoms with Crippen molar-refractivity contribution in [2.24, 2.45) is 9.98 Å². The molecule has 0 atom stereocenters. The van der Waals surface area contributed by atoms with Crippen LogP contribution in [0.1, 0.15) is 50.7 Å². The van der Waals surface area contributed by atoms with Crippen LogP contribution >= 0.6 is 0 Å². The van der Waals surface area contributed by atoms with Gasteiger partial charge in [-0.15, -0.1) is 0 Å². The molecule has 54 heavy (non-hydrogen) atoms. The Morgan fingerprint density at radius 3 is 1.43 bits per heavy atom. The summed E-state index contributed by atoms with van der Waals surface area (Å²) in [5.74, 6) is 2.67. The topological polar surface area (TPSA) is 63.4 Å². The summed E-state index contributed by atoms with van der Waals surface area (Å²) in [6.45, 7) is 4.00. The van der Waals surface area contributed by atoms with Gasteiger partial charge in [-0.05, 0) is 52.8 Å². The zero-order chi connectivity index (χ0) is 36.7. The summed E-state index contributed by atoms with van der Waals surface area (Å²) in [6, 6.07) is 47.9. The summed E-state index contributed by atoms with van der Waals surface area (Å²) >= 11 is 0. The van der Waals surface area contributed by atoms with E-state index in [1.54, 1.807) is 0 Å². The van der Waals surface area contributed by atoms with E-state index in [9.17, 15) is 0 Å². The summed E-state index contributed by atoms with van der Waals surface area (Å²) in [7, 11) is 0. The van der Waals surface area contributed by atoms with E-state index in [1.807, 2.05) is 80.6 Å². The van der Waals surface area contributed by atoms with Gasteiger partial charge >= 0.3 is 0 Å². The fraction of sp³-hybridized carbons (Fsp3) is 0.122. The van der Waals surface area contributed by atoms with Gasteiger partial charge in [0.15, 0.2) is 23.3 Å². The van der Waals surface area contributed by atoms with Gasteiger partial charge in [-0.2, -0.15) is 0 Å². The molecule has 1 aliphatic heterocycles. The van der Waals surface area contributed by atoms with Gasteiger partial charge in [-0.25, -0.2) is 24.9 Å². The van der Waals surface area contributed by atoms with Crippen molar-refractivity contribution in [3.05, 3.63) is 181 Å². The minimum Gasteiger partial charge on any atom is -0.232 e. The van der Waals surface area contributed by atoms with Crippen LogP contribution in [0.5, 0.6) is 0 Å². The highest BCUT2D eigenvalue weighted by atomic mass is 15.0. The van der Waals surface area contributed by atoms with Crippen molar-refractivity contribution in [2.75, 3.05) is 0 Å². The maximum atomic E-state index is 5.48. The SMILES string of the molecule is C1=CC(C2=N/C(c3ccccc3)=C\CCC(c3c4ccccc4c(-c4nc(-c5ccccc5)nc(-c5ccccc5)n4)c4ccccc34)=N2)=CCC1.CC. The van der Waals surface area contributed by atoms with Crippen molar-refractivity contribution in [1.29, 1.82) is 0 Å². The van der Waals surface area contributed by atoms with E-state index in [0.29, 0.717) is 17.5 Å². The van der Waals surface area contributed by atoms with Crippen LogP contribution in [0.15, 0.2) is 179 Å². The molecule has 2 aliphatic rings. The van der Waals surface area contributed by atoms with Crippen LogP contribution in [0.25, 0.3) is 61.4 Å². The molecule has 5 heteroatoms. The fourth-order valence-electron chi connectivity index (χ4n) is 7.20. The minimum atomic E-state index is 0.640. The molecule has 0 radical (unpaired) electrons. The van der Waals surface area contributed by atoms with Gasteiger partial charge in [0, 0.05) is 27.8 Å². The summed E-state index contributed by atoms with van der Waals surface area (Å²) < 4.78 is 0. The van der Waals surface area contributed by atoms with Crippen LogP contribution in [-0.2, 0) is 0 Å². The molecule has 0 saturated carbocycles. The molecule has 0 spiro atoms. The Bertz CT molecular complexity index is 2480. The molecule has 0 fully saturated rings. The lowest BCUT2D eigenvalue weighted by Crippen LogP contribution is -2.12. The van der Waals surface area contributed by atoms with Crippen molar-refractivity contribution in [3.63, 3.8) is 0 Å². The first-order valence-corrected chi connectivity index (χ1v) is 18.9. The summed E-state index contributed by atoms with van der Waals surface area (Å²) in [6.07, 6.45) is 12.5. The van der Waals surface area contributed by atoms with Gasteiger partial charge in [-0.3, -0.25) is 0 Å². The number of aliphatic imine (C=N–C) groups is 2. The normalized spacial score (nSPS) is 15.1. The Labute approximate surface area is 317 Å². The molecule has 5 nitrogen and oxygen atoms in total. The predicted octanol–water partition coefficient (Wildman–Crippen LogP) is 12.5. The molecule has 0 N–H and O–H groups in total. The third-order valence-corrected chi connectivity index (χ3v) is 9.65. The zero-order valence-electron chi connectivity index (χ0n) is 30.7. The molecule has 0 saturated heterocycles. The molecular weight excluding hydrogens is 659 g/mol. The number of fused-ring (bicyclic) bond motifs is 2. The first-order valence-electron chi connectivity index (χ1n) is 18.9. The van der Waals surface area contributed by atoms with Gasteiger partial charge in [0.1, 0.15) is 0 Å². The number of allylic oxidation sites excluding steroid dienone is 3. The number of aromatic nitrogens is 3. The Kier molecular flexibility index (Phi) is 10.2. The van der Waals surface area contributed by atoms with E-state index in [1.165, 1.54) is 0 Å². The number of hydrogen-bond donors (Lipinski definition) is 0. The van der Waals surface area contributed by atoms with Crippen molar-refractivity contribution in [2.45, 2.75) is 39.5 Å². The van der Waals surface area contributed by atoms with Gasteiger partial charge in [0.05, 0.1) is 11.4 Å². The van der Waals surface area contributed by atoms with Gasteiger partial charge < -0.3 is 0 Å². The average Bonchev–Trinajstić information content (AvgIpc) is 3.25. The highest BCUT2D eigenvalue weighted by Gasteiger charge is 2.23. The molecule has 7 aromatic rings. The van der Waals surface area contributed by atoms with E-state index >= 15 is 0 Å². The van der Waals surface area contributed by atoms with E-state index in [2.05, 4.69) is 97.1 Å². The van der Waals surface area contributed by atoms with E-state index in [-0.39, 0.29) is 0 Å². The second-order valence-electron chi connectivity index (χ2n) is 13.0. The lowest BCUT2D eigenvalue weighted by molar-refractivity contribution is 1.03. The Hall–Kier alpha value is -6.59. The van der Waals surface area contributed by atoms with Crippen LogP contribution in [0, 0.1) is 0 Å². The first kappa shape index (κ1) is 34.5. The molecule has 0 amide bonds. The van der Waals surface area contributed by atoms with E-state index in [4.69, 9.17) is 24.9 Å². The molecule has 1 aliphatic carbocycles. The second-order valence-corrected chi connectivity index (χ2v) is 13.0. The Balaban J connectivity index is 0.00000203. The third-order valence-electron chi connectivity index (χ3n) is 9.65. The standard InChI is InChI=1S/C47H35N5.C2H6/c1-5-18-32(19-6-1)40-30-17-31-41(49-44(48-40)33-20-7-2-8-21-33)42-36-26-13-15-28-38(36)43(39-29-16-14-27-37(39)42)47-51-45(34-22-9-3-10-23-34)50-46(52-47)35-24-11-4-12-25-35;1-2/h1,3-7,9-16,18-30H,2,8,17,31H2;1-2H3/b40-30-,48-44?,49-41?;. The second kappa shape index (κ2) is 16.0. The third kappa shape index (κ3) is 6.96. The summed E-state index contributed by atoms with van der Waals surface area (Å²) in [4.78, 5) is 26.1. The van der Waals surface area contributed by atoms with Gasteiger partial charge in [-0.1, -0.05) is 178 Å². The summed E-state index contributed by atoms with van der Waals surface area (Å²) in [5.41, 5.74) is 8.13. The molecule has 0 bridgehead atoms. The van der Waals surface area contributed by atoms with E-state index in [0.717, 1.165) is 97.9 Å². The molecule has 1 aromatic heterocycles. The van der Waals surface area contributed by atoms with Crippen molar-refractivity contribution < 1.29 is 0 Å². The van der Waals surface area contributed by atoms with Crippen LogP contribution in [-0.4, -0.2) is 26.5 Å². The number of benzene rings is 6. The number of rotatable bonds is 6. The molecule has 9 rings (SSSR count). The van der Waals surface area contributed by atoms with E-state index < -0.39 is 0 Å². The lowest BCUT2D eigenvalue weighted by Gasteiger charge is -2.20. The average molecular weight is 700 g/mol. The number of amidine groups is 1. The molecule has 0 unspecified atom stereocenters. The minimum absolute atomic E-state index is 0.640. The fourth-order valence-corrected chi connectivity index (χ4v) is 7.20. The smallest absolute Gasteiger partial charge is 0.165 e. The molecule has 262 valence electrons. The quantitative estimate of drug-likeness (QED) is 0.162. The Morgan fingerprint density at radius 1 is 0.426 bits per heavy atom. The predicted molar refractivity (Wildman–Crippen MR) is 227 cm³/mol. The monoisotopic (exact) mass is 699 g/mol. The van der Waals surface area contributed by atoms with Crippen LogP contribution in [0.4, 0.5) is 0 Å². The van der Waals surface area contributed by atoms with Crippen LogP contribution in [0.2, 0.25) is 0 Å². The highest BCUT2D eigenvalue weighted by molar-refractivity contribution is 6.28. The summed E-state index contributed by atoms with van der Waals surface area (Å²) in [5, 5.41) is 4.36. The van der Waals surface area contributed by atoms with Gasteiger partial charge in [0.2, 0.25) is 0 Å². The number of nitrogens with zero attached hydrogens (tertiary/aromatic N) is 5. The maximum Gasteiger partial charge on any atom is 0.165 e. The van der Waals surface area contributed by atoms with Crippen LogP contribution in [0.3, 0.4) is 0 Å². The zero-order valence-corrected chi connectivity index (χ0v) is 30.7. The first-order chi connectivity index (χ1) is 26.8. The van der Waals surface area contributed by atoms with Crippen LogP contribution < -0.4 is 0 Å². The largest absolute Gasteiger partial charge is 0.232 e. The molecular formula is C49H41N5. The van der Waals surface area contributed by atoms with Gasteiger partial charge in [0.25, 0.3) is 0 Å². The molecule has 6 aromatic carbocycles. The Morgan fingerprint density at radius 2 is 0.907 bits per heavy atom. The molecule has 2 heterocycles.